The van der Waals surface area contributed by atoms with Gasteiger partial charge in [-0.05, 0) is 42.3 Å². The van der Waals surface area contributed by atoms with Crippen molar-refractivity contribution >= 4 is 52.2 Å². The molecule has 1 atom stereocenters. The number of rotatable bonds is 4. The maximum Gasteiger partial charge on any atom is 0.238 e. The normalized spacial score (nSPS) is 18.5. The first-order valence-electron chi connectivity index (χ1n) is 8.20. The summed E-state index contributed by atoms with van der Waals surface area (Å²) >= 11 is 7.01. The second-order valence-electron chi connectivity index (χ2n) is 5.92. The van der Waals surface area contributed by atoms with E-state index in [-0.39, 0.29) is 18.2 Å². The molecule has 0 bridgehead atoms. The highest BCUT2D eigenvalue weighted by Crippen LogP contribution is 2.22. The minimum Gasteiger partial charge on any atom is -0.325 e. The highest BCUT2D eigenvalue weighted by Gasteiger charge is 2.30. The Morgan fingerprint density at radius 3 is 2.81 bits per heavy atom. The van der Waals surface area contributed by atoms with E-state index in [9.17, 15) is 9.59 Å². The highest BCUT2D eigenvalue weighted by atomic mass is 35.5. The number of amides is 2. The van der Waals surface area contributed by atoms with Crippen LogP contribution in [0, 0.1) is 6.92 Å². The maximum absolute atomic E-state index is 12.5. The van der Waals surface area contributed by atoms with Gasteiger partial charge >= 0.3 is 0 Å². The van der Waals surface area contributed by atoms with Gasteiger partial charge in [0.15, 0.2) is 5.17 Å². The first-order chi connectivity index (χ1) is 13.0. The van der Waals surface area contributed by atoms with E-state index in [0.717, 1.165) is 11.1 Å². The number of benzene rings is 2. The van der Waals surface area contributed by atoms with Crippen molar-refractivity contribution in [3.05, 3.63) is 64.7 Å². The number of nitrogens with zero attached hydrogens (tertiary/aromatic N) is 2. The summed E-state index contributed by atoms with van der Waals surface area (Å²) in [5.41, 5.74) is 2.57. The van der Waals surface area contributed by atoms with Crippen LogP contribution in [-0.4, -0.2) is 28.4 Å². The Bertz CT molecular complexity index is 912. The molecule has 0 spiro atoms. The van der Waals surface area contributed by atoms with Gasteiger partial charge in [0, 0.05) is 17.1 Å². The molecule has 0 radical (unpaired) electrons. The molecule has 0 aliphatic carbocycles. The summed E-state index contributed by atoms with van der Waals surface area (Å²) in [4.78, 5) is 24.4. The summed E-state index contributed by atoms with van der Waals surface area (Å²) in [6.45, 7) is 1.95. The van der Waals surface area contributed by atoms with Crippen molar-refractivity contribution < 1.29 is 9.59 Å². The Labute approximate surface area is 166 Å². The molecule has 0 saturated carbocycles. The fourth-order valence-corrected chi connectivity index (χ4v) is 3.44. The van der Waals surface area contributed by atoms with Gasteiger partial charge in [0.1, 0.15) is 5.25 Å². The Kier molecular flexibility index (Phi) is 6.26. The summed E-state index contributed by atoms with van der Waals surface area (Å²) in [7, 11) is 0. The van der Waals surface area contributed by atoms with Crippen molar-refractivity contribution in [3.63, 3.8) is 0 Å². The molecule has 6 nitrogen and oxygen atoms in total. The van der Waals surface area contributed by atoms with Gasteiger partial charge in [-0.15, -0.1) is 5.10 Å². The molecule has 0 aromatic heterocycles. The third-order valence-electron chi connectivity index (χ3n) is 3.67. The Morgan fingerprint density at radius 2 is 2.07 bits per heavy atom. The maximum atomic E-state index is 12.5. The topological polar surface area (TPSA) is 82.9 Å². The summed E-state index contributed by atoms with van der Waals surface area (Å²) in [5, 5.41) is 13.8. The number of amidine groups is 1. The lowest BCUT2D eigenvalue weighted by atomic mass is 10.2. The van der Waals surface area contributed by atoms with Crippen LogP contribution in [0.1, 0.15) is 17.5 Å². The van der Waals surface area contributed by atoms with Crippen molar-refractivity contribution in [1.82, 2.24) is 5.32 Å². The molecule has 1 fully saturated rings. The standard InChI is InChI=1S/C19H17ClN4O2S/c1-12-3-2-4-15(9-12)22-18(26)16-10-17(25)23-19(27-16)24-21-11-13-5-7-14(20)8-6-13/h2-9,11,16H,10H2,1H3,(H,22,26)(H,23,24,25)/b21-11-/t16-/m0/s1. The van der Waals surface area contributed by atoms with Crippen molar-refractivity contribution in [2.24, 2.45) is 10.2 Å². The zero-order chi connectivity index (χ0) is 19.2. The van der Waals surface area contributed by atoms with Gasteiger partial charge < -0.3 is 10.6 Å². The van der Waals surface area contributed by atoms with Gasteiger partial charge in [-0.1, -0.05) is 47.6 Å². The molecule has 1 heterocycles. The number of anilines is 1. The van der Waals surface area contributed by atoms with E-state index >= 15 is 0 Å². The molecule has 0 unspecified atom stereocenters. The minimum atomic E-state index is -0.566. The van der Waals surface area contributed by atoms with Crippen LogP contribution >= 0.6 is 23.4 Å². The van der Waals surface area contributed by atoms with Crippen LogP contribution in [0.4, 0.5) is 5.69 Å². The minimum absolute atomic E-state index is 0.0855. The number of hydrogen-bond acceptors (Lipinski definition) is 5. The van der Waals surface area contributed by atoms with Crippen molar-refractivity contribution in [2.45, 2.75) is 18.6 Å². The van der Waals surface area contributed by atoms with Gasteiger partial charge in [-0.2, -0.15) is 5.10 Å². The summed E-state index contributed by atoms with van der Waals surface area (Å²) < 4.78 is 0. The second-order valence-corrected chi connectivity index (χ2v) is 7.55. The van der Waals surface area contributed by atoms with E-state index in [1.54, 1.807) is 30.5 Å². The lowest BCUT2D eigenvalue weighted by Gasteiger charge is -2.21. The predicted molar refractivity (Wildman–Crippen MR) is 110 cm³/mol. The molecule has 3 rings (SSSR count). The summed E-state index contributed by atoms with van der Waals surface area (Å²) in [6.07, 6.45) is 1.63. The third kappa shape index (κ3) is 5.67. The Hall–Kier alpha value is -2.64. The van der Waals surface area contributed by atoms with Crippen molar-refractivity contribution in [1.29, 1.82) is 0 Å². The molecule has 138 valence electrons. The summed E-state index contributed by atoms with van der Waals surface area (Å²) in [6, 6.07) is 14.6. The van der Waals surface area contributed by atoms with Crippen molar-refractivity contribution in [2.75, 3.05) is 5.32 Å². The molecule has 2 aromatic rings. The summed E-state index contributed by atoms with van der Waals surface area (Å²) in [5.74, 6) is -0.506. The zero-order valence-corrected chi connectivity index (χ0v) is 16.1. The highest BCUT2D eigenvalue weighted by molar-refractivity contribution is 8.15. The van der Waals surface area contributed by atoms with Crippen LogP contribution in [0.3, 0.4) is 0 Å². The molecular weight excluding hydrogens is 384 g/mol. The van der Waals surface area contributed by atoms with E-state index in [1.165, 1.54) is 11.8 Å². The van der Waals surface area contributed by atoms with Gasteiger partial charge in [0.2, 0.25) is 11.8 Å². The van der Waals surface area contributed by atoms with Crippen LogP contribution in [0.25, 0.3) is 0 Å². The molecule has 2 aromatic carbocycles. The lowest BCUT2D eigenvalue weighted by molar-refractivity contribution is -0.123. The fraction of sp³-hybridized carbons (Fsp3) is 0.158. The largest absolute Gasteiger partial charge is 0.325 e. The van der Waals surface area contributed by atoms with E-state index < -0.39 is 5.25 Å². The van der Waals surface area contributed by atoms with E-state index in [2.05, 4.69) is 20.8 Å². The number of carbonyl (C=O) groups excluding carboxylic acids is 2. The third-order valence-corrected chi connectivity index (χ3v) is 5.00. The molecule has 27 heavy (non-hydrogen) atoms. The van der Waals surface area contributed by atoms with Gasteiger partial charge in [0.25, 0.3) is 0 Å². The van der Waals surface area contributed by atoms with Gasteiger partial charge in [-0.3, -0.25) is 9.59 Å². The monoisotopic (exact) mass is 400 g/mol. The molecule has 1 aliphatic heterocycles. The molecule has 1 aliphatic rings. The second kappa shape index (κ2) is 8.83. The zero-order valence-electron chi connectivity index (χ0n) is 14.5. The van der Waals surface area contributed by atoms with Gasteiger partial charge in [-0.25, -0.2) is 0 Å². The Balaban J connectivity index is 1.65. The molecule has 2 amide bonds. The number of carbonyl (C=O) groups is 2. The number of thioether (sulfide) groups is 1. The lowest BCUT2D eigenvalue weighted by Crippen LogP contribution is -2.41. The Morgan fingerprint density at radius 1 is 1.30 bits per heavy atom. The molecule has 2 N–H and O–H groups in total. The van der Waals surface area contributed by atoms with Gasteiger partial charge in [0.05, 0.1) is 6.21 Å². The van der Waals surface area contributed by atoms with Crippen molar-refractivity contribution in [3.8, 4) is 0 Å². The number of halogens is 1. The molecular formula is C19H17ClN4O2S. The van der Waals surface area contributed by atoms with Crippen LogP contribution in [0.15, 0.2) is 58.7 Å². The molecule has 8 heteroatoms. The predicted octanol–water partition coefficient (Wildman–Crippen LogP) is 3.60. The van der Waals surface area contributed by atoms with Crippen LogP contribution in [0.2, 0.25) is 5.02 Å². The fourth-order valence-electron chi connectivity index (χ4n) is 2.38. The average Bonchev–Trinajstić information content (AvgIpc) is 2.63. The number of hydrogen-bond donors (Lipinski definition) is 2. The van der Waals surface area contributed by atoms with Crippen LogP contribution in [0.5, 0.6) is 0 Å². The first-order valence-corrected chi connectivity index (χ1v) is 9.46. The van der Waals surface area contributed by atoms with E-state index in [4.69, 9.17) is 11.6 Å². The first kappa shape index (κ1) is 19.1. The number of nitrogens with one attached hydrogen (secondary N) is 2. The van der Waals surface area contributed by atoms with Crippen LogP contribution < -0.4 is 10.6 Å². The van der Waals surface area contributed by atoms with E-state index in [1.807, 2.05) is 31.2 Å². The number of aryl methyl sites for hydroxylation is 1. The average molecular weight is 401 g/mol. The molecule has 1 saturated heterocycles. The van der Waals surface area contributed by atoms with Crippen LogP contribution in [-0.2, 0) is 9.59 Å². The van der Waals surface area contributed by atoms with E-state index in [0.29, 0.717) is 15.9 Å². The smallest absolute Gasteiger partial charge is 0.238 e. The SMILES string of the molecule is Cc1cccc(NC(=O)[C@@H]2CC(=O)NC(=N/N=C\c3ccc(Cl)cc3)S2)c1. The quantitative estimate of drug-likeness (QED) is 0.607.